The summed E-state index contributed by atoms with van der Waals surface area (Å²) < 4.78 is 143. The van der Waals surface area contributed by atoms with Crippen LogP contribution in [0, 0.1) is 17.8 Å². The molecule has 0 radical (unpaired) electrons. The topological polar surface area (TPSA) is 18.5 Å². The van der Waals surface area contributed by atoms with E-state index in [1.54, 1.807) is 0 Å². The van der Waals surface area contributed by atoms with Crippen LogP contribution in [0.1, 0.15) is 51.4 Å². The fraction of sp³-hybridized carbons (Fsp3) is 1.00. The lowest BCUT2D eigenvalue weighted by molar-refractivity contribution is -0.358. The Morgan fingerprint density at radius 1 is 0.562 bits per heavy atom. The van der Waals surface area contributed by atoms with E-state index in [1.165, 1.54) is 0 Å². The van der Waals surface area contributed by atoms with Gasteiger partial charge in [0.2, 0.25) is 0 Å². The molecule has 3 aliphatic carbocycles. The van der Waals surface area contributed by atoms with Gasteiger partial charge in [0.15, 0.2) is 0 Å². The van der Waals surface area contributed by atoms with Crippen molar-refractivity contribution < 1.29 is 53.4 Å². The Hall–Kier alpha value is -0.780. The quantitative estimate of drug-likeness (QED) is 0.408. The highest BCUT2D eigenvalue weighted by atomic mass is 19.4. The Morgan fingerprint density at radius 3 is 1.53 bits per heavy atom. The lowest BCUT2D eigenvalue weighted by Gasteiger charge is -2.42. The molecular weight excluding hydrogens is 462 g/mol. The molecule has 0 aromatic rings. The molecule has 188 valence electrons. The first-order valence-corrected chi connectivity index (χ1v) is 10.8. The van der Waals surface area contributed by atoms with E-state index in [9.17, 15) is 43.9 Å². The first-order valence-electron chi connectivity index (χ1n) is 10.8. The number of rotatable bonds is 5. The summed E-state index contributed by atoms with van der Waals surface area (Å²) in [6, 6.07) is 0. The normalized spacial score (nSPS) is 44.4. The van der Waals surface area contributed by atoms with Gasteiger partial charge >= 0.3 is 12.5 Å². The van der Waals surface area contributed by atoms with Crippen LogP contribution < -0.4 is 0 Å². The summed E-state index contributed by atoms with van der Waals surface area (Å²) in [6.07, 6.45) is -25.3. The zero-order valence-electron chi connectivity index (χ0n) is 17.0. The molecule has 0 aromatic heterocycles. The second kappa shape index (κ2) is 9.84. The van der Waals surface area contributed by atoms with Crippen molar-refractivity contribution in [2.45, 2.75) is 107 Å². The Labute approximate surface area is 179 Å². The lowest BCUT2D eigenvalue weighted by atomic mass is 9.71. The van der Waals surface area contributed by atoms with Gasteiger partial charge in [0.25, 0.3) is 0 Å². The molecule has 0 heterocycles. The summed E-state index contributed by atoms with van der Waals surface area (Å²) in [6.45, 7) is 0. The van der Waals surface area contributed by atoms with Crippen LogP contribution in [0.3, 0.4) is 0 Å². The molecule has 0 amide bonds. The van der Waals surface area contributed by atoms with Crippen molar-refractivity contribution in [3.63, 3.8) is 0 Å². The van der Waals surface area contributed by atoms with E-state index in [4.69, 9.17) is 4.74 Å². The van der Waals surface area contributed by atoms with Crippen LogP contribution in [-0.4, -0.2) is 55.5 Å². The van der Waals surface area contributed by atoms with Crippen molar-refractivity contribution in [3.05, 3.63) is 0 Å². The summed E-state index contributed by atoms with van der Waals surface area (Å²) in [5.74, 6) is -3.30. The molecule has 12 heteroatoms. The largest absolute Gasteiger partial charge is 0.522 e. The molecule has 3 aliphatic rings. The van der Waals surface area contributed by atoms with Gasteiger partial charge in [-0.25, -0.2) is 22.0 Å². The first-order chi connectivity index (χ1) is 14.8. The van der Waals surface area contributed by atoms with E-state index in [0.717, 1.165) is 0 Å². The van der Waals surface area contributed by atoms with E-state index < -0.39 is 80.2 Å². The third kappa shape index (κ3) is 6.21. The highest BCUT2D eigenvalue weighted by molar-refractivity contribution is 4.94. The number of hydrogen-bond acceptors (Lipinski definition) is 2. The third-order valence-electron chi connectivity index (χ3n) is 6.88. The van der Waals surface area contributed by atoms with Gasteiger partial charge < -0.3 is 4.74 Å². The van der Waals surface area contributed by atoms with Gasteiger partial charge in [-0.15, -0.1) is 13.2 Å². The van der Waals surface area contributed by atoms with Gasteiger partial charge in [0.1, 0.15) is 42.9 Å². The summed E-state index contributed by atoms with van der Waals surface area (Å²) in [4.78, 5) is 0. The molecule has 2 nitrogen and oxygen atoms in total. The van der Waals surface area contributed by atoms with E-state index in [1.807, 2.05) is 0 Å². The predicted octanol–water partition coefficient (Wildman–Crippen LogP) is 6.57. The predicted molar refractivity (Wildman–Crippen MR) is 92.6 cm³/mol. The molecule has 0 saturated heterocycles. The molecule has 0 aromatic carbocycles. The second-order valence-electron chi connectivity index (χ2n) is 9.13. The summed E-state index contributed by atoms with van der Waals surface area (Å²) in [7, 11) is 0. The summed E-state index contributed by atoms with van der Waals surface area (Å²) >= 11 is 0. The maximum absolute atomic E-state index is 14.4. The van der Waals surface area contributed by atoms with Crippen molar-refractivity contribution in [3.8, 4) is 0 Å². The molecule has 0 aliphatic heterocycles. The van der Waals surface area contributed by atoms with Crippen molar-refractivity contribution in [2.75, 3.05) is 0 Å². The SMILES string of the molecule is FC1CC(F)C(C(F)(F)OC2CCC(C3CC(F)C(OC(F)(F)F)C(F)C3)CC2)C(F)C1. The van der Waals surface area contributed by atoms with Gasteiger partial charge in [-0.2, -0.15) is 8.78 Å². The summed E-state index contributed by atoms with van der Waals surface area (Å²) in [5.41, 5.74) is 0. The highest BCUT2D eigenvalue weighted by Gasteiger charge is 2.55. The molecule has 3 saturated carbocycles. The molecule has 0 spiro atoms. The van der Waals surface area contributed by atoms with Crippen LogP contribution in [0.4, 0.5) is 43.9 Å². The first kappa shape index (κ1) is 25.8. The van der Waals surface area contributed by atoms with E-state index in [2.05, 4.69) is 4.74 Å². The minimum Gasteiger partial charge on any atom is -0.317 e. The molecule has 4 atom stereocenters. The van der Waals surface area contributed by atoms with Crippen molar-refractivity contribution in [1.29, 1.82) is 0 Å². The minimum absolute atomic E-state index is 0.0412. The zero-order valence-corrected chi connectivity index (χ0v) is 17.0. The van der Waals surface area contributed by atoms with Gasteiger partial charge in [0.05, 0.1) is 6.10 Å². The van der Waals surface area contributed by atoms with Crippen LogP contribution in [0.25, 0.3) is 0 Å². The van der Waals surface area contributed by atoms with Crippen LogP contribution in [-0.2, 0) is 9.47 Å². The fourth-order valence-corrected chi connectivity index (χ4v) is 5.36. The van der Waals surface area contributed by atoms with Gasteiger partial charge in [0, 0.05) is 12.8 Å². The van der Waals surface area contributed by atoms with Crippen molar-refractivity contribution in [2.24, 2.45) is 17.8 Å². The highest BCUT2D eigenvalue weighted by Crippen LogP contribution is 2.46. The molecule has 0 N–H and O–H groups in total. The maximum Gasteiger partial charge on any atom is 0.522 e. The number of halogens is 10. The molecule has 3 fully saturated rings. The lowest BCUT2D eigenvalue weighted by Crippen LogP contribution is -2.50. The van der Waals surface area contributed by atoms with Crippen LogP contribution in [0.5, 0.6) is 0 Å². The molecular formula is C20H26F10O2. The van der Waals surface area contributed by atoms with Gasteiger partial charge in [-0.3, -0.25) is 4.74 Å². The van der Waals surface area contributed by atoms with Crippen molar-refractivity contribution in [1.82, 2.24) is 0 Å². The molecule has 32 heavy (non-hydrogen) atoms. The number of hydrogen-bond donors (Lipinski definition) is 0. The minimum atomic E-state index is -5.16. The standard InChI is InChI=1S/C20H26F10O2/c21-11-7-13(22)17(14(23)8-11)19(26,27)31-12-3-1-9(2-4-12)10-5-15(24)18(16(25)6-10)32-20(28,29)30/h9-18H,1-8H2. The van der Waals surface area contributed by atoms with E-state index >= 15 is 0 Å². The van der Waals surface area contributed by atoms with Crippen molar-refractivity contribution >= 4 is 0 Å². The third-order valence-corrected chi connectivity index (χ3v) is 6.88. The van der Waals surface area contributed by atoms with E-state index in [0.29, 0.717) is 0 Å². The monoisotopic (exact) mass is 488 g/mol. The van der Waals surface area contributed by atoms with E-state index in [-0.39, 0.29) is 44.4 Å². The molecule has 4 unspecified atom stereocenters. The molecule has 0 bridgehead atoms. The van der Waals surface area contributed by atoms with Crippen LogP contribution >= 0.6 is 0 Å². The Balaban J connectivity index is 1.51. The Kier molecular flexibility index (Phi) is 7.94. The summed E-state index contributed by atoms with van der Waals surface area (Å²) in [5, 5.41) is 0. The average molecular weight is 488 g/mol. The Bertz CT molecular complexity index is 586. The van der Waals surface area contributed by atoms with Gasteiger partial charge in [-0.05, 0) is 50.4 Å². The van der Waals surface area contributed by atoms with Gasteiger partial charge in [-0.1, -0.05) is 0 Å². The number of alkyl halides is 10. The molecule has 3 rings (SSSR count). The maximum atomic E-state index is 14.4. The smallest absolute Gasteiger partial charge is 0.317 e. The van der Waals surface area contributed by atoms with Crippen LogP contribution in [0.2, 0.25) is 0 Å². The second-order valence-corrected chi connectivity index (χ2v) is 9.13. The number of ether oxygens (including phenoxy) is 2. The fourth-order valence-electron chi connectivity index (χ4n) is 5.36. The zero-order chi connectivity index (χ0) is 23.8. The Morgan fingerprint density at radius 2 is 1.06 bits per heavy atom. The van der Waals surface area contributed by atoms with Crippen LogP contribution in [0.15, 0.2) is 0 Å². The average Bonchev–Trinajstić information content (AvgIpc) is 2.63.